The molecule has 0 aromatic rings. The van der Waals surface area contributed by atoms with Crippen LogP contribution in [0.4, 0.5) is 0 Å². The van der Waals surface area contributed by atoms with E-state index in [1.165, 1.54) is 0 Å². The molecule has 13 heavy (non-hydrogen) atoms. The number of aliphatic hydroxyl groups is 2. The van der Waals surface area contributed by atoms with Gasteiger partial charge in [0.2, 0.25) is 5.91 Å². The molecule has 78 valence electrons. The fourth-order valence-corrected chi connectivity index (χ4v) is 0.700. The lowest BCUT2D eigenvalue weighted by molar-refractivity contribution is -0.125. The van der Waals surface area contributed by atoms with Crippen LogP contribution >= 0.6 is 0 Å². The summed E-state index contributed by atoms with van der Waals surface area (Å²) in [7, 11) is 3.68. The third-order valence-electron chi connectivity index (χ3n) is 1.78. The zero-order valence-corrected chi connectivity index (χ0v) is 8.32. The molecule has 1 amide bonds. The van der Waals surface area contributed by atoms with E-state index in [0.717, 1.165) is 0 Å². The SMILES string of the molecule is CC(NC(=O)CC(O)CO)N(C)C. The van der Waals surface area contributed by atoms with Crippen molar-refractivity contribution in [2.24, 2.45) is 0 Å². The maximum atomic E-state index is 11.1. The number of hydrogen-bond acceptors (Lipinski definition) is 4. The first kappa shape index (κ1) is 12.3. The summed E-state index contributed by atoms with van der Waals surface area (Å²) in [6.45, 7) is 1.45. The van der Waals surface area contributed by atoms with E-state index >= 15 is 0 Å². The minimum atomic E-state index is -0.964. The van der Waals surface area contributed by atoms with Crippen molar-refractivity contribution >= 4 is 5.91 Å². The third-order valence-corrected chi connectivity index (χ3v) is 1.78. The Morgan fingerprint density at radius 2 is 2.08 bits per heavy atom. The van der Waals surface area contributed by atoms with Crippen molar-refractivity contribution in [2.75, 3.05) is 20.7 Å². The molecular formula is C8H18N2O3. The average molecular weight is 190 g/mol. The van der Waals surface area contributed by atoms with Crippen LogP contribution in [0.1, 0.15) is 13.3 Å². The second-order valence-corrected chi connectivity index (χ2v) is 3.25. The van der Waals surface area contributed by atoms with Crippen LogP contribution in [0.15, 0.2) is 0 Å². The van der Waals surface area contributed by atoms with Crippen LogP contribution in [0.5, 0.6) is 0 Å². The van der Waals surface area contributed by atoms with E-state index in [0.29, 0.717) is 0 Å². The molecule has 0 fully saturated rings. The van der Waals surface area contributed by atoms with Gasteiger partial charge in [-0.1, -0.05) is 0 Å². The highest BCUT2D eigenvalue weighted by Gasteiger charge is 2.12. The van der Waals surface area contributed by atoms with E-state index in [4.69, 9.17) is 10.2 Å². The van der Waals surface area contributed by atoms with E-state index in [-0.39, 0.29) is 25.1 Å². The molecule has 5 nitrogen and oxygen atoms in total. The van der Waals surface area contributed by atoms with Crippen LogP contribution in [0.25, 0.3) is 0 Å². The fraction of sp³-hybridized carbons (Fsp3) is 0.875. The Morgan fingerprint density at radius 1 is 1.54 bits per heavy atom. The molecule has 0 heterocycles. The van der Waals surface area contributed by atoms with Crippen molar-refractivity contribution < 1.29 is 15.0 Å². The van der Waals surface area contributed by atoms with Gasteiger partial charge in [0.05, 0.1) is 25.3 Å². The highest BCUT2D eigenvalue weighted by molar-refractivity contribution is 5.76. The summed E-state index contributed by atoms with van der Waals surface area (Å²) < 4.78 is 0. The normalized spacial score (nSPS) is 15.5. The molecule has 2 unspecified atom stereocenters. The summed E-state index contributed by atoms with van der Waals surface area (Å²) in [5.74, 6) is -0.261. The highest BCUT2D eigenvalue weighted by atomic mass is 16.3. The van der Waals surface area contributed by atoms with Gasteiger partial charge < -0.3 is 15.5 Å². The zero-order chi connectivity index (χ0) is 10.4. The minimum Gasteiger partial charge on any atom is -0.394 e. The first-order valence-corrected chi connectivity index (χ1v) is 4.22. The van der Waals surface area contributed by atoms with Crippen molar-refractivity contribution in [3.05, 3.63) is 0 Å². The van der Waals surface area contributed by atoms with Crippen LogP contribution < -0.4 is 5.32 Å². The molecule has 3 N–H and O–H groups in total. The first-order chi connectivity index (χ1) is 5.97. The van der Waals surface area contributed by atoms with Crippen LogP contribution in [0.2, 0.25) is 0 Å². The summed E-state index contributed by atoms with van der Waals surface area (Å²) in [5.41, 5.74) is 0. The molecule has 0 aromatic carbocycles. The van der Waals surface area contributed by atoms with Gasteiger partial charge in [-0.15, -0.1) is 0 Å². The van der Waals surface area contributed by atoms with Gasteiger partial charge in [0.1, 0.15) is 0 Å². The van der Waals surface area contributed by atoms with Gasteiger partial charge in [-0.3, -0.25) is 9.69 Å². The lowest BCUT2D eigenvalue weighted by Crippen LogP contribution is -2.43. The second kappa shape index (κ2) is 5.90. The minimum absolute atomic E-state index is 0.0608. The topological polar surface area (TPSA) is 72.8 Å². The Labute approximate surface area is 78.4 Å². The number of nitrogens with one attached hydrogen (secondary N) is 1. The number of carbonyl (C=O) groups excluding carboxylic acids is 1. The predicted octanol–water partition coefficient (Wildman–Crippen LogP) is -1.25. The molecule has 0 rings (SSSR count). The van der Waals surface area contributed by atoms with Gasteiger partial charge in [-0.2, -0.15) is 0 Å². The van der Waals surface area contributed by atoms with Crippen molar-refractivity contribution in [1.29, 1.82) is 0 Å². The van der Waals surface area contributed by atoms with Crippen molar-refractivity contribution in [1.82, 2.24) is 10.2 Å². The van der Waals surface area contributed by atoms with E-state index in [2.05, 4.69) is 5.32 Å². The van der Waals surface area contributed by atoms with Crippen LogP contribution in [-0.4, -0.2) is 54.0 Å². The fourth-order valence-electron chi connectivity index (χ4n) is 0.700. The quantitative estimate of drug-likeness (QED) is 0.474. The maximum Gasteiger partial charge on any atom is 0.223 e. The van der Waals surface area contributed by atoms with Crippen molar-refractivity contribution in [3.8, 4) is 0 Å². The van der Waals surface area contributed by atoms with E-state index in [9.17, 15) is 4.79 Å². The number of aliphatic hydroxyl groups excluding tert-OH is 2. The summed E-state index contributed by atoms with van der Waals surface area (Å²) >= 11 is 0. The van der Waals surface area contributed by atoms with E-state index in [1.54, 1.807) is 0 Å². The Bertz CT molecular complexity index is 161. The Kier molecular flexibility index (Phi) is 5.61. The van der Waals surface area contributed by atoms with Crippen molar-refractivity contribution in [3.63, 3.8) is 0 Å². The number of carbonyl (C=O) groups is 1. The molecule has 0 saturated carbocycles. The molecular weight excluding hydrogens is 172 g/mol. The van der Waals surface area contributed by atoms with Crippen LogP contribution in [0.3, 0.4) is 0 Å². The lowest BCUT2D eigenvalue weighted by atomic mass is 10.2. The molecule has 0 bridgehead atoms. The largest absolute Gasteiger partial charge is 0.394 e. The smallest absolute Gasteiger partial charge is 0.223 e. The summed E-state index contributed by atoms with van der Waals surface area (Å²) in [4.78, 5) is 13.0. The molecule has 0 aliphatic rings. The molecule has 2 atom stereocenters. The van der Waals surface area contributed by atoms with Gasteiger partial charge in [-0.25, -0.2) is 0 Å². The van der Waals surface area contributed by atoms with Gasteiger partial charge in [-0.05, 0) is 21.0 Å². The molecule has 0 aliphatic heterocycles. The molecule has 0 aliphatic carbocycles. The standard InChI is InChI=1S/C8H18N2O3/c1-6(10(2)3)9-8(13)4-7(12)5-11/h6-7,11-12H,4-5H2,1-3H3,(H,9,13). The number of nitrogens with zero attached hydrogens (tertiary/aromatic N) is 1. The zero-order valence-electron chi connectivity index (χ0n) is 8.32. The highest BCUT2D eigenvalue weighted by Crippen LogP contribution is 1.92. The summed E-state index contributed by atoms with van der Waals surface area (Å²) in [5, 5.41) is 20.1. The molecule has 0 aromatic heterocycles. The summed E-state index contributed by atoms with van der Waals surface area (Å²) in [6.07, 6.45) is -1.10. The van der Waals surface area contributed by atoms with Gasteiger partial charge in [0, 0.05) is 0 Å². The van der Waals surface area contributed by atoms with E-state index in [1.807, 2.05) is 25.9 Å². The van der Waals surface area contributed by atoms with E-state index < -0.39 is 6.10 Å². The number of rotatable bonds is 5. The first-order valence-electron chi connectivity index (χ1n) is 4.22. The summed E-state index contributed by atoms with van der Waals surface area (Å²) in [6, 6.07) is 0. The molecule has 0 radical (unpaired) electrons. The number of hydrogen-bond donors (Lipinski definition) is 3. The lowest BCUT2D eigenvalue weighted by Gasteiger charge is -2.21. The maximum absolute atomic E-state index is 11.1. The Morgan fingerprint density at radius 3 is 2.46 bits per heavy atom. The van der Waals surface area contributed by atoms with Gasteiger partial charge in [0.15, 0.2) is 0 Å². The second-order valence-electron chi connectivity index (χ2n) is 3.25. The van der Waals surface area contributed by atoms with Crippen LogP contribution in [-0.2, 0) is 4.79 Å². The average Bonchev–Trinajstić information content (AvgIpc) is 2.03. The van der Waals surface area contributed by atoms with Crippen LogP contribution in [0, 0.1) is 0 Å². The number of amides is 1. The van der Waals surface area contributed by atoms with Gasteiger partial charge >= 0.3 is 0 Å². The monoisotopic (exact) mass is 190 g/mol. The molecule has 5 heteroatoms. The Balaban J connectivity index is 3.74. The predicted molar refractivity (Wildman–Crippen MR) is 49.0 cm³/mol. The Hall–Kier alpha value is -0.650. The van der Waals surface area contributed by atoms with Crippen molar-refractivity contribution in [2.45, 2.75) is 25.6 Å². The third kappa shape index (κ3) is 5.57. The molecule has 0 saturated heterocycles. The van der Waals surface area contributed by atoms with Gasteiger partial charge in [0.25, 0.3) is 0 Å². The molecule has 0 spiro atoms.